The van der Waals surface area contributed by atoms with E-state index in [4.69, 9.17) is 15.0 Å². The zero-order chi connectivity index (χ0) is 36.9. The lowest BCUT2D eigenvalue weighted by Crippen LogP contribution is -2.30. The zero-order valence-electron chi connectivity index (χ0n) is 30.6. The Hall–Kier alpha value is -7.11. The Kier molecular flexibility index (Phi) is 7.74. The molecule has 3 heterocycles. The predicted molar refractivity (Wildman–Crippen MR) is 225 cm³/mol. The molecule has 0 saturated carbocycles. The molecule has 1 aliphatic heterocycles. The molecule has 0 radical (unpaired) electrons. The van der Waals surface area contributed by atoms with Gasteiger partial charge >= 0.3 is 0 Å². The van der Waals surface area contributed by atoms with Gasteiger partial charge in [-0.1, -0.05) is 135 Å². The van der Waals surface area contributed by atoms with E-state index in [9.17, 15) is 0 Å². The van der Waals surface area contributed by atoms with Gasteiger partial charge in [0.05, 0.1) is 16.9 Å². The summed E-state index contributed by atoms with van der Waals surface area (Å²) >= 11 is 0. The van der Waals surface area contributed by atoms with Gasteiger partial charge in [-0.3, -0.25) is 0 Å². The maximum absolute atomic E-state index is 4.93. The largest absolute Gasteiger partial charge is 0.317 e. The van der Waals surface area contributed by atoms with E-state index in [1.54, 1.807) is 0 Å². The first-order valence-corrected chi connectivity index (χ1v) is 18.7. The Morgan fingerprint density at radius 1 is 0.400 bits per heavy atom. The van der Waals surface area contributed by atoms with Crippen molar-refractivity contribution in [1.29, 1.82) is 0 Å². The minimum atomic E-state index is -0.0997. The maximum Gasteiger partial charge on any atom is 0.164 e. The topological polar surface area (TPSA) is 46.8 Å². The van der Waals surface area contributed by atoms with Gasteiger partial charge in [0.1, 0.15) is 0 Å². The lowest BCUT2D eigenvalue weighted by atomic mass is 9.73. The second-order valence-electron chi connectivity index (χ2n) is 14.6. The number of para-hydroxylation sites is 2. The van der Waals surface area contributed by atoms with E-state index < -0.39 is 0 Å². The number of hydrogen-bond donors (Lipinski definition) is 0. The van der Waals surface area contributed by atoms with Crippen molar-refractivity contribution in [2.75, 3.05) is 4.90 Å². The average Bonchev–Trinajstić information content (AvgIpc) is 3.68. The number of nitrogens with zero attached hydrogens (tertiary/aromatic N) is 5. The van der Waals surface area contributed by atoms with E-state index in [-0.39, 0.29) is 5.41 Å². The van der Waals surface area contributed by atoms with Crippen LogP contribution in [0.5, 0.6) is 0 Å². The first kappa shape index (κ1) is 32.5. The fraction of sp³-hybridized carbons (Fsp3) is 0.0600. The van der Waals surface area contributed by atoms with Crippen LogP contribution in [-0.2, 0) is 5.41 Å². The second-order valence-corrected chi connectivity index (χ2v) is 14.6. The Bertz CT molecular complexity index is 2730. The molecule has 9 aromatic rings. The summed E-state index contributed by atoms with van der Waals surface area (Å²) in [5, 5.41) is 1.18. The van der Waals surface area contributed by atoms with E-state index in [1.165, 1.54) is 33.5 Å². The molecule has 0 N–H and O–H groups in total. The Balaban J connectivity index is 1.01. The van der Waals surface area contributed by atoms with E-state index in [0.717, 1.165) is 39.1 Å². The summed E-state index contributed by atoms with van der Waals surface area (Å²) in [6.45, 7) is 4.65. The molecule has 1 aliphatic rings. The minimum Gasteiger partial charge on any atom is -0.317 e. The highest BCUT2D eigenvalue weighted by Crippen LogP contribution is 2.52. The SMILES string of the molecule is CC1(C)c2ccccc2N(c2cccc(-c3ccc4ccn(-c5ccc(-c6nc(-c7ccccc7)nc(-c7ccccc7)n6)cc5)c4c3)c2)c2ccccc21. The minimum absolute atomic E-state index is 0.0997. The third kappa shape index (κ3) is 5.69. The fourth-order valence-corrected chi connectivity index (χ4v) is 8.01. The molecule has 55 heavy (non-hydrogen) atoms. The average molecular weight is 708 g/mol. The van der Waals surface area contributed by atoms with Crippen molar-refractivity contribution < 1.29 is 0 Å². The molecule has 5 nitrogen and oxygen atoms in total. The summed E-state index contributed by atoms with van der Waals surface area (Å²) in [5.74, 6) is 1.94. The van der Waals surface area contributed by atoms with Crippen molar-refractivity contribution in [3.05, 3.63) is 199 Å². The van der Waals surface area contributed by atoms with Crippen LogP contribution in [0.1, 0.15) is 25.0 Å². The molecule has 0 unspecified atom stereocenters. The molecular formula is C50H37N5. The molecule has 0 saturated heterocycles. The third-order valence-corrected chi connectivity index (χ3v) is 10.9. The molecule has 0 atom stereocenters. The molecule has 0 spiro atoms. The van der Waals surface area contributed by atoms with Gasteiger partial charge in [-0.2, -0.15) is 0 Å². The predicted octanol–water partition coefficient (Wildman–Crippen LogP) is 12.6. The molecular weight excluding hydrogens is 671 g/mol. The highest BCUT2D eigenvalue weighted by atomic mass is 15.2. The van der Waals surface area contributed by atoms with Gasteiger partial charge in [0.25, 0.3) is 0 Å². The zero-order valence-corrected chi connectivity index (χ0v) is 30.6. The highest BCUT2D eigenvalue weighted by molar-refractivity contribution is 5.90. The number of benzene rings is 7. The quantitative estimate of drug-likeness (QED) is 0.173. The molecule has 2 aromatic heterocycles. The number of rotatable bonds is 6. The number of aromatic nitrogens is 4. The van der Waals surface area contributed by atoms with Crippen molar-refractivity contribution in [2.24, 2.45) is 0 Å². The Morgan fingerprint density at radius 2 is 0.891 bits per heavy atom. The van der Waals surface area contributed by atoms with E-state index >= 15 is 0 Å². The molecule has 262 valence electrons. The standard InChI is InChI=1S/C50H37N5/c1-50(2)42-20-9-11-22-44(42)55(45-23-12-10-21-43(45)50)41-19-13-18-38(32-41)39-25-24-34-30-31-54(46(34)33-39)40-28-26-37(27-29-40)49-52-47(35-14-5-3-6-15-35)51-48(53-49)36-16-7-4-8-17-36/h3-33H,1-2H3. The van der Waals surface area contributed by atoms with E-state index in [2.05, 4.69) is 151 Å². The monoisotopic (exact) mass is 707 g/mol. The summed E-state index contributed by atoms with van der Waals surface area (Å²) in [4.78, 5) is 17.1. The van der Waals surface area contributed by atoms with Crippen LogP contribution in [0.4, 0.5) is 17.1 Å². The van der Waals surface area contributed by atoms with Crippen LogP contribution in [0.2, 0.25) is 0 Å². The smallest absolute Gasteiger partial charge is 0.164 e. The maximum atomic E-state index is 4.93. The first-order valence-electron chi connectivity index (χ1n) is 18.7. The van der Waals surface area contributed by atoms with Crippen molar-refractivity contribution in [1.82, 2.24) is 19.5 Å². The summed E-state index contributed by atoms with van der Waals surface area (Å²) in [6, 6.07) is 64.1. The van der Waals surface area contributed by atoms with Gasteiger partial charge in [0, 0.05) is 39.7 Å². The summed E-state index contributed by atoms with van der Waals surface area (Å²) in [6.07, 6.45) is 2.15. The van der Waals surface area contributed by atoms with Crippen molar-refractivity contribution in [3.8, 4) is 51.0 Å². The molecule has 0 amide bonds. The highest BCUT2D eigenvalue weighted by Gasteiger charge is 2.36. The van der Waals surface area contributed by atoms with Crippen molar-refractivity contribution in [3.63, 3.8) is 0 Å². The van der Waals surface area contributed by atoms with Gasteiger partial charge in [-0.25, -0.2) is 15.0 Å². The van der Waals surface area contributed by atoms with Gasteiger partial charge in [-0.05, 0) is 88.3 Å². The number of fused-ring (bicyclic) bond motifs is 3. The van der Waals surface area contributed by atoms with Crippen LogP contribution in [0.15, 0.2) is 188 Å². The number of hydrogen-bond acceptors (Lipinski definition) is 4. The van der Waals surface area contributed by atoms with Crippen LogP contribution < -0.4 is 4.90 Å². The first-order chi connectivity index (χ1) is 27.0. The molecule has 0 bridgehead atoms. The fourth-order valence-electron chi connectivity index (χ4n) is 8.01. The summed E-state index contributed by atoms with van der Waals surface area (Å²) in [7, 11) is 0. The van der Waals surface area contributed by atoms with Crippen molar-refractivity contribution in [2.45, 2.75) is 19.3 Å². The number of anilines is 3. The lowest BCUT2D eigenvalue weighted by Gasteiger charge is -2.42. The normalized spacial score (nSPS) is 13.0. The summed E-state index contributed by atoms with van der Waals surface area (Å²) in [5.41, 5.74) is 13.5. The summed E-state index contributed by atoms with van der Waals surface area (Å²) < 4.78 is 2.25. The lowest BCUT2D eigenvalue weighted by molar-refractivity contribution is 0.632. The molecule has 0 aliphatic carbocycles. The van der Waals surface area contributed by atoms with Crippen LogP contribution in [0.3, 0.4) is 0 Å². The van der Waals surface area contributed by atoms with Gasteiger partial charge in [-0.15, -0.1) is 0 Å². The van der Waals surface area contributed by atoms with E-state index in [1.807, 2.05) is 60.7 Å². The van der Waals surface area contributed by atoms with E-state index in [0.29, 0.717) is 17.5 Å². The second kappa shape index (κ2) is 13.1. The van der Waals surface area contributed by atoms with Crippen LogP contribution in [0, 0.1) is 0 Å². The van der Waals surface area contributed by atoms with Crippen LogP contribution in [0.25, 0.3) is 61.9 Å². The van der Waals surface area contributed by atoms with Crippen LogP contribution >= 0.6 is 0 Å². The molecule has 10 rings (SSSR count). The van der Waals surface area contributed by atoms with Gasteiger partial charge in [0.15, 0.2) is 17.5 Å². The molecule has 0 fully saturated rings. The van der Waals surface area contributed by atoms with Gasteiger partial charge < -0.3 is 9.47 Å². The third-order valence-electron chi connectivity index (χ3n) is 10.9. The Morgan fingerprint density at radius 3 is 1.49 bits per heavy atom. The Labute approximate surface area is 320 Å². The van der Waals surface area contributed by atoms with Gasteiger partial charge in [0.2, 0.25) is 0 Å². The molecule has 5 heteroatoms. The molecule has 7 aromatic carbocycles. The van der Waals surface area contributed by atoms with Crippen LogP contribution in [-0.4, -0.2) is 19.5 Å². The van der Waals surface area contributed by atoms with Crippen molar-refractivity contribution >= 4 is 28.0 Å².